The molecule has 1 heterocycles. The minimum atomic E-state index is -0.165. The zero-order valence-electron chi connectivity index (χ0n) is 7.36. The molecule has 0 aromatic rings. The molecule has 2 heteroatoms. The molecule has 0 spiro atoms. The van der Waals surface area contributed by atoms with E-state index in [1.807, 2.05) is 20.9 Å². The van der Waals surface area contributed by atoms with Crippen molar-refractivity contribution in [3.63, 3.8) is 0 Å². The highest BCUT2D eigenvalue weighted by atomic mass is 16.2. The fourth-order valence-corrected chi connectivity index (χ4v) is 1.30. The van der Waals surface area contributed by atoms with Crippen molar-refractivity contribution in [2.45, 2.75) is 33.2 Å². The third-order valence-corrected chi connectivity index (χ3v) is 3.21. The Morgan fingerprint density at radius 3 is 1.70 bits per heavy atom. The van der Waals surface area contributed by atoms with Crippen molar-refractivity contribution in [1.82, 2.24) is 4.90 Å². The minimum absolute atomic E-state index is 0.0318. The number of nitrogens with zero attached hydrogens (tertiary/aromatic N) is 1. The lowest BCUT2D eigenvalue weighted by atomic mass is 9.65. The lowest BCUT2D eigenvalue weighted by Gasteiger charge is -2.58. The smallest absolute Gasteiger partial charge is 0.230 e. The van der Waals surface area contributed by atoms with Gasteiger partial charge in [-0.05, 0) is 27.7 Å². The molecule has 2 nitrogen and oxygen atoms in total. The second-order valence-electron chi connectivity index (χ2n) is 4.05. The van der Waals surface area contributed by atoms with Gasteiger partial charge in [-0.15, -0.1) is 0 Å². The third-order valence-electron chi connectivity index (χ3n) is 3.21. The Kier molecular flexibility index (Phi) is 1.17. The summed E-state index contributed by atoms with van der Waals surface area (Å²) in [6, 6.07) is 0. The van der Waals surface area contributed by atoms with Gasteiger partial charge in [0.05, 0.1) is 11.0 Å². The standard InChI is InChI=1S/C8H15NO/c1-7(2)6(10)9(5)8(7,3)4/h1-5H3. The van der Waals surface area contributed by atoms with E-state index in [4.69, 9.17) is 0 Å². The van der Waals surface area contributed by atoms with Crippen molar-refractivity contribution in [2.75, 3.05) is 7.05 Å². The van der Waals surface area contributed by atoms with Crippen LogP contribution in [0.1, 0.15) is 27.7 Å². The highest BCUT2D eigenvalue weighted by Gasteiger charge is 2.58. The van der Waals surface area contributed by atoms with E-state index < -0.39 is 0 Å². The van der Waals surface area contributed by atoms with Crippen LogP contribution in [0.2, 0.25) is 0 Å². The van der Waals surface area contributed by atoms with Gasteiger partial charge in [-0.1, -0.05) is 0 Å². The molecule has 1 rings (SSSR count). The van der Waals surface area contributed by atoms with E-state index >= 15 is 0 Å². The van der Waals surface area contributed by atoms with Gasteiger partial charge in [-0.25, -0.2) is 0 Å². The van der Waals surface area contributed by atoms with Gasteiger partial charge in [-0.2, -0.15) is 0 Å². The summed E-state index contributed by atoms with van der Waals surface area (Å²) in [5, 5.41) is 0. The Morgan fingerprint density at radius 2 is 1.60 bits per heavy atom. The molecule has 1 aliphatic rings. The number of hydrogen-bond acceptors (Lipinski definition) is 1. The van der Waals surface area contributed by atoms with Crippen LogP contribution in [0.15, 0.2) is 0 Å². The van der Waals surface area contributed by atoms with E-state index in [-0.39, 0.29) is 16.9 Å². The summed E-state index contributed by atoms with van der Waals surface area (Å²) in [5.74, 6) is 0.248. The molecule has 0 aliphatic carbocycles. The fourth-order valence-electron chi connectivity index (χ4n) is 1.30. The quantitative estimate of drug-likeness (QED) is 0.465. The molecule has 1 saturated heterocycles. The molecule has 0 radical (unpaired) electrons. The van der Waals surface area contributed by atoms with E-state index in [0.717, 1.165) is 0 Å². The highest BCUT2D eigenvalue weighted by molar-refractivity contribution is 5.90. The summed E-state index contributed by atoms with van der Waals surface area (Å²) >= 11 is 0. The van der Waals surface area contributed by atoms with Gasteiger partial charge in [0.1, 0.15) is 0 Å². The largest absolute Gasteiger partial charge is 0.339 e. The summed E-state index contributed by atoms with van der Waals surface area (Å²) in [5.41, 5.74) is -0.133. The number of carbonyl (C=O) groups is 1. The molecule has 0 N–H and O–H groups in total. The molecular weight excluding hydrogens is 126 g/mol. The van der Waals surface area contributed by atoms with E-state index in [1.165, 1.54) is 0 Å². The fraction of sp³-hybridized carbons (Fsp3) is 0.875. The molecule has 0 unspecified atom stereocenters. The molecule has 0 aromatic heterocycles. The van der Waals surface area contributed by atoms with Crippen molar-refractivity contribution in [2.24, 2.45) is 5.41 Å². The van der Waals surface area contributed by atoms with Gasteiger partial charge < -0.3 is 4.90 Å². The number of likely N-dealkylation sites (tertiary alicyclic amines) is 1. The lowest BCUT2D eigenvalue weighted by molar-refractivity contribution is -0.177. The van der Waals surface area contributed by atoms with Crippen LogP contribution in [-0.2, 0) is 4.79 Å². The molecule has 10 heavy (non-hydrogen) atoms. The topological polar surface area (TPSA) is 20.3 Å². The van der Waals surface area contributed by atoms with Crippen LogP contribution < -0.4 is 0 Å². The van der Waals surface area contributed by atoms with Gasteiger partial charge in [0.15, 0.2) is 0 Å². The predicted octanol–water partition coefficient (Wildman–Crippen LogP) is 1.26. The van der Waals surface area contributed by atoms with Crippen molar-refractivity contribution >= 4 is 5.91 Å². The Morgan fingerprint density at radius 1 is 1.20 bits per heavy atom. The molecule has 0 saturated carbocycles. The summed E-state index contributed by atoms with van der Waals surface area (Å²) in [4.78, 5) is 13.0. The monoisotopic (exact) mass is 141 g/mol. The Labute approximate surface area is 62.2 Å². The van der Waals surface area contributed by atoms with E-state index in [0.29, 0.717) is 0 Å². The maximum absolute atomic E-state index is 11.2. The van der Waals surface area contributed by atoms with Gasteiger partial charge in [-0.3, -0.25) is 4.79 Å². The predicted molar refractivity (Wildman–Crippen MR) is 40.6 cm³/mol. The Bertz CT molecular complexity index is 182. The number of carbonyl (C=O) groups excluding carboxylic acids is 1. The average Bonchev–Trinajstić information content (AvgIpc) is 1.84. The first-order valence-corrected chi connectivity index (χ1v) is 3.60. The minimum Gasteiger partial charge on any atom is -0.339 e. The first-order chi connectivity index (χ1) is 4.32. The molecule has 1 amide bonds. The molecule has 0 bridgehead atoms. The van der Waals surface area contributed by atoms with Gasteiger partial charge in [0.25, 0.3) is 0 Å². The zero-order chi connectivity index (χ0) is 8.15. The molecule has 0 atom stereocenters. The number of rotatable bonds is 0. The van der Waals surface area contributed by atoms with Crippen molar-refractivity contribution in [3.8, 4) is 0 Å². The van der Waals surface area contributed by atoms with E-state index in [2.05, 4.69) is 13.8 Å². The summed E-state index contributed by atoms with van der Waals surface area (Å²) in [7, 11) is 1.85. The number of amides is 1. The second kappa shape index (κ2) is 1.55. The first-order valence-electron chi connectivity index (χ1n) is 3.60. The summed E-state index contributed by atoms with van der Waals surface area (Å²) < 4.78 is 0. The van der Waals surface area contributed by atoms with Crippen LogP contribution >= 0.6 is 0 Å². The number of hydrogen-bond donors (Lipinski definition) is 0. The molecular formula is C8H15NO. The molecule has 1 aliphatic heterocycles. The van der Waals surface area contributed by atoms with E-state index in [1.54, 1.807) is 4.90 Å². The third kappa shape index (κ3) is 0.522. The van der Waals surface area contributed by atoms with Gasteiger partial charge >= 0.3 is 0 Å². The average molecular weight is 141 g/mol. The van der Waals surface area contributed by atoms with Crippen molar-refractivity contribution < 1.29 is 4.79 Å². The second-order valence-corrected chi connectivity index (χ2v) is 4.05. The van der Waals surface area contributed by atoms with Crippen molar-refractivity contribution in [1.29, 1.82) is 0 Å². The summed E-state index contributed by atoms with van der Waals surface area (Å²) in [6.45, 7) is 8.17. The maximum atomic E-state index is 11.2. The Balaban J connectivity index is 2.92. The number of β-lactam (4-membered cyclic amide) rings is 1. The first kappa shape index (κ1) is 7.58. The van der Waals surface area contributed by atoms with Crippen LogP contribution in [0.3, 0.4) is 0 Å². The molecule has 0 aromatic carbocycles. The normalized spacial score (nSPS) is 28.1. The SMILES string of the molecule is CN1C(=O)C(C)(C)C1(C)C. The maximum Gasteiger partial charge on any atom is 0.230 e. The van der Waals surface area contributed by atoms with Crippen LogP contribution in [0.4, 0.5) is 0 Å². The highest BCUT2D eigenvalue weighted by Crippen LogP contribution is 2.46. The molecule has 58 valence electrons. The van der Waals surface area contributed by atoms with Crippen LogP contribution in [0.5, 0.6) is 0 Å². The Hall–Kier alpha value is -0.530. The summed E-state index contributed by atoms with van der Waals surface area (Å²) in [6.07, 6.45) is 0. The van der Waals surface area contributed by atoms with Crippen molar-refractivity contribution in [3.05, 3.63) is 0 Å². The lowest BCUT2D eigenvalue weighted by Crippen LogP contribution is -2.71. The van der Waals surface area contributed by atoms with Gasteiger partial charge in [0, 0.05) is 7.05 Å². The zero-order valence-corrected chi connectivity index (χ0v) is 7.36. The van der Waals surface area contributed by atoms with Crippen LogP contribution in [0.25, 0.3) is 0 Å². The van der Waals surface area contributed by atoms with Crippen LogP contribution in [0, 0.1) is 5.41 Å². The van der Waals surface area contributed by atoms with Crippen LogP contribution in [-0.4, -0.2) is 23.4 Å². The van der Waals surface area contributed by atoms with E-state index in [9.17, 15) is 4.79 Å². The molecule has 1 fully saturated rings. The van der Waals surface area contributed by atoms with Gasteiger partial charge in [0.2, 0.25) is 5.91 Å².